The Hall–Kier alpha value is -2.55. The highest BCUT2D eigenvalue weighted by Crippen LogP contribution is 2.32. The van der Waals surface area contributed by atoms with Crippen LogP contribution in [0.1, 0.15) is 50.8 Å². The molecule has 0 radical (unpaired) electrons. The molecule has 9 nitrogen and oxygen atoms in total. The number of nitrogens with zero attached hydrogens (tertiary/aromatic N) is 7. The Labute approximate surface area is 157 Å². The van der Waals surface area contributed by atoms with Crippen LogP contribution in [-0.2, 0) is 12.0 Å². The molecule has 3 aromatic heterocycles. The third kappa shape index (κ3) is 3.16. The number of aliphatic hydroxyl groups is 1. The quantitative estimate of drug-likeness (QED) is 0.740. The summed E-state index contributed by atoms with van der Waals surface area (Å²) >= 11 is 0. The first-order chi connectivity index (χ1) is 12.9. The molecule has 144 valence electrons. The maximum absolute atomic E-state index is 9.77. The Morgan fingerprint density at radius 2 is 2.07 bits per heavy atom. The number of fused-ring (bicyclic) bond motifs is 1. The van der Waals surface area contributed by atoms with E-state index in [1.165, 1.54) is 0 Å². The molecule has 0 aromatic carbocycles. The number of aliphatic hydroxyl groups excluding tert-OH is 1. The van der Waals surface area contributed by atoms with Gasteiger partial charge in [0.25, 0.3) is 0 Å². The normalized spacial score (nSPS) is 18.0. The molecule has 1 N–H and O–H groups in total. The SMILES string of the molecule is Cc1nonc1Cn1cnc2c(N3CCC[C@@H]3CO)nc(C(C)(C)C)nc21. The Kier molecular flexibility index (Phi) is 4.33. The first-order valence-corrected chi connectivity index (χ1v) is 9.27. The van der Waals surface area contributed by atoms with Crippen LogP contribution < -0.4 is 4.90 Å². The van der Waals surface area contributed by atoms with Crippen molar-refractivity contribution in [1.82, 2.24) is 29.8 Å². The second kappa shape index (κ2) is 6.56. The van der Waals surface area contributed by atoms with Gasteiger partial charge < -0.3 is 14.6 Å². The van der Waals surface area contributed by atoms with Crippen molar-refractivity contribution in [1.29, 1.82) is 0 Å². The van der Waals surface area contributed by atoms with Crippen LogP contribution in [0, 0.1) is 6.92 Å². The minimum atomic E-state index is -0.210. The van der Waals surface area contributed by atoms with E-state index < -0.39 is 0 Å². The maximum Gasteiger partial charge on any atom is 0.166 e. The summed E-state index contributed by atoms with van der Waals surface area (Å²) in [6.45, 7) is 9.60. The number of hydrogen-bond acceptors (Lipinski definition) is 8. The second-order valence-corrected chi connectivity index (χ2v) is 8.13. The van der Waals surface area contributed by atoms with E-state index in [4.69, 9.17) is 14.6 Å². The van der Waals surface area contributed by atoms with Gasteiger partial charge in [0.15, 0.2) is 17.0 Å². The lowest BCUT2D eigenvalue weighted by Gasteiger charge is -2.26. The molecule has 1 saturated heterocycles. The lowest BCUT2D eigenvalue weighted by atomic mass is 9.95. The van der Waals surface area contributed by atoms with E-state index in [9.17, 15) is 5.11 Å². The zero-order chi connectivity index (χ0) is 19.2. The summed E-state index contributed by atoms with van der Waals surface area (Å²) < 4.78 is 6.77. The average Bonchev–Trinajstić information content (AvgIpc) is 3.34. The van der Waals surface area contributed by atoms with Crippen LogP contribution in [0.25, 0.3) is 11.2 Å². The second-order valence-electron chi connectivity index (χ2n) is 8.13. The number of aryl methyl sites for hydroxylation is 1. The topological polar surface area (TPSA) is 106 Å². The van der Waals surface area contributed by atoms with Crippen molar-refractivity contribution in [2.45, 2.75) is 58.5 Å². The van der Waals surface area contributed by atoms with Gasteiger partial charge in [0, 0.05) is 12.0 Å². The smallest absolute Gasteiger partial charge is 0.166 e. The van der Waals surface area contributed by atoms with Gasteiger partial charge in [-0.05, 0) is 19.8 Å². The predicted octanol–water partition coefficient (Wildman–Crippen LogP) is 1.82. The lowest BCUT2D eigenvalue weighted by Crippen LogP contribution is -2.34. The van der Waals surface area contributed by atoms with E-state index in [0.717, 1.165) is 53.6 Å². The van der Waals surface area contributed by atoms with E-state index in [2.05, 4.69) is 41.0 Å². The van der Waals surface area contributed by atoms with Gasteiger partial charge in [-0.25, -0.2) is 19.6 Å². The van der Waals surface area contributed by atoms with Crippen molar-refractivity contribution in [3.63, 3.8) is 0 Å². The molecule has 0 amide bonds. The van der Waals surface area contributed by atoms with E-state index in [-0.39, 0.29) is 18.1 Å². The number of aromatic nitrogens is 6. The maximum atomic E-state index is 9.77. The van der Waals surface area contributed by atoms with Gasteiger partial charge in [0.05, 0.1) is 25.5 Å². The summed E-state index contributed by atoms with van der Waals surface area (Å²) in [5.41, 5.74) is 2.80. The zero-order valence-electron chi connectivity index (χ0n) is 16.2. The van der Waals surface area contributed by atoms with Gasteiger partial charge in [-0.15, -0.1) is 0 Å². The summed E-state index contributed by atoms with van der Waals surface area (Å²) in [6.07, 6.45) is 3.75. The van der Waals surface area contributed by atoms with Gasteiger partial charge in [-0.1, -0.05) is 31.1 Å². The van der Waals surface area contributed by atoms with Gasteiger partial charge in [0.1, 0.15) is 17.2 Å². The zero-order valence-corrected chi connectivity index (χ0v) is 16.2. The van der Waals surface area contributed by atoms with Crippen LogP contribution in [0.3, 0.4) is 0 Å². The first kappa shape index (κ1) is 17.8. The Bertz CT molecular complexity index is 956. The van der Waals surface area contributed by atoms with Gasteiger partial charge in [0.2, 0.25) is 0 Å². The summed E-state index contributed by atoms with van der Waals surface area (Å²) in [5.74, 6) is 1.56. The largest absolute Gasteiger partial charge is 0.394 e. The van der Waals surface area contributed by atoms with E-state index >= 15 is 0 Å². The van der Waals surface area contributed by atoms with Crippen LogP contribution in [0.5, 0.6) is 0 Å². The molecule has 0 spiro atoms. The fraction of sp³-hybridized carbons (Fsp3) is 0.611. The highest BCUT2D eigenvalue weighted by molar-refractivity contribution is 5.84. The highest BCUT2D eigenvalue weighted by atomic mass is 16.6. The van der Waals surface area contributed by atoms with Gasteiger partial charge in [-0.3, -0.25) is 0 Å². The Morgan fingerprint density at radius 1 is 1.26 bits per heavy atom. The van der Waals surface area contributed by atoms with Crippen LogP contribution in [0.15, 0.2) is 11.0 Å². The number of anilines is 1. The van der Waals surface area contributed by atoms with Crippen LogP contribution in [0.2, 0.25) is 0 Å². The van der Waals surface area contributed by atoms with Crippen LogP contribution in [0.4, 0.5) is 5.82 Å². The number of rotatable bonds is 4. The summed E-state index contributed by atoms with van der Waals surface area (Å²) in [7, 11) is 0. The van der Waals surface area contributed by atoms with Crippen molar-refractivity contribution in [2.75, 3.05) is 18.1 Å². The molecule has 0 aliphatic carbocycles. The third-order valence-corrected chi connectivity index (χ3v) is 5.04. The van der Waals surface area contributed by atoms with E-state index in [0.29, 0.717) is 6.54 Å². The molecular formula is C18H25N7O2. The molecule has 0 saturated carbocycles. The van der Waals surface area contributed by atoms with Crippen molar-refractivity contribution < 1.29 is 9.74 Å². The fourth-order valence-corrected chi connectivity index (χ4v) is 3.44. The molecule has 9 heteroatoms. The minimum absolute atomic E-state index is 0.0723. The first-order valence-electron chi connectivity index (χ1n) is 9.27. The molecule has 4 heterocycles. The monoisotopic (exact) mass is 371 g/mol. The van der Waals surface area contributed by atoms with E-state index in [1.54, 1.807) is 6.33 Å². The molecule has 1 atom stereocenters. The number of imidazole rings is 1. The molecule has 3 aromatic rings. The third-order valence-electron chi connectivity index (χ3n) is 5.04. The molecule has 0 bridgehead atoms. The highest BCUT2D eigenvalue weighted by Gasteiger charge is 2.30. The van der Waals surface area contributed by atoms with Crippen LogP contribution >= 0.6 is 0 Å². The minimum Gasteiger partial charge on any atom is -0.394 e. The van der Waals surface area contributed by atoms with Crippen molar-refractivity contribution in [3.8, 4) is 0 Å². The predicted molar refractivity (Wildman–Crippen MR) is 99.6 cm³/mol. The van der Waals surface area contributed by atoms with Gasteiger partial charge >= 0.3 is 0 Å². The van der Waals surface area contributed by atoms with Crippen molar-refractivity contribution >= 4 is 17.0 Å². The van der Waals surface area contributed by atoms with Crippen LogP contribution in [-0.4, -0.2) is 54.1 Å². The summed E-state index contributed by atoms with van der Waals surface area (Å²) in [4.78, 5) is 16.4. The summed E-state index contributed by atoms with van der Waals surface area (Å²) in [6, 6.07) is 0.0723. The molecular weight excluding hydrogens is 346 g/mol. The molecule has 1 aliphatic heterocycles. The average molecular weight is 371 g/mol. The standard InChI is InChI=1S/C18H25N7O2/c1-11-13(23-27-22-11)8-24-10-19-14-15(24)20-17(18(2,3)4)21-16(14)25-7-5-6-12(25)9-26/h10,12,26H,5-9H2,1-4H3/t12-/m1/s1. The van der Waals surface area contributed by atoms with Crippen molar-refractivity contribution in [3.05, 3.63) is 23.5 Å². The molecule has 4 rings (SSSR count). The number of hydrogen-bond donors (Lipinski definition) is 1. The lowest BCUT2D eigenvalue weighted by molar-refractivity contribution is 0.266. The Morgan fingerprint density at radius 3 is 2.74 bits per heavy atom. The van der Waals surface area contributed by atoms with E-state index in [1.807, 2.05) is 11.5 Å². The summed E-state index contributed by atoms with van der Waals surface area (Å²) in [5, 5.41) is 17.6. The fourth-order valence-electron chi connectivity index (χ4n) is 3.44. The molecule has 27 heavy (non-hydrogen) atoms. The Balaban J connectivity index is 1.86. The van der Waals surface area contributed by atoms with Gasteiger partial charge in [-0.2, -0.15) is 0 Å². The van der Waals surface area contributed by atoms with Crippen molar-refractivity contribution in [2.24, 2.45) is 0 Å². The molecule has 1 aliphatic rings. The molecule has 1 fully saturated rings. The molecule has 0 unspecified atom stereocenters.